The van der Waals surface area contributed by atoms with E-state index in [1.165, 1.54) is 0 Å². The Bertz CT molecular complexity index is 734. The van der Waals surface area contributed by atoms with E-state index in [4.69, 9.17) is 17.0 Å². The molecule has 0 radical (unpaired) electrons. The van der Waals surface area contributed by atoms with E-state index >= 15 is 0 Å². The second kappa shape index (κ2) is 8.45. The van der Waals surface area contributed by atoms with Crippen LogP contribution in [-0.2, 0) is 0 Å². The van der Waals surface area contributed by atoms with Gasteiger partial charge in [-0.05, 0) is 52.4 Å². The molecule has 2 rings (SSSR count). The number of carbonyl (C=O) groups is 1. The molecule has 0 saturated carbocycles. The molecule has 0 unspecified atom stereocenters. The van der Waals surface area contributed by atoms with Crippen molar-refractivity contribution < 1.29 is 9.53 Å². The zero-order valence-electron chi connectivity index (χ0n) is 12.2. The van der Waals surface area contributed by atoms with E-state index in [9.17, 15) is 4.79 Å². The van der Waals surface area contributed by atoms with Gasteiger partial charge in [-0.3, -0.25) is 10.1 Å². The largest absolute Gasteiger partial charge is 0.489 e. The first-order valence-corrected chi connectivity index (χ1v) is 8.01. The smallest absolute Gasteiger partial charge is 0.258 e. The Morgan fingerprint density at radius 2 is 2.04 bits per heavy atom. The summed E-state index contributed by atoms with van der Waals surface area (Å²) in [6.45, 7) is 4.03. The number of thiocarbonyl (C=S) groups is 1. The second-order valence-electron chi connectivity index (χ2n) is 4.52. The van der Waals surface area contributed by atoms with Crippen LogP contribution < -0.4 is 15.4 Å². The number of amides is 1. The summed E-state index contributed by atoms with van der Waals surface area (Å²) in [6.07, 6.45) is 1.67. The van der Waals surface area contributed by atoms with Crippen LogP contribution in [0.25, 0.3) is 0 Å². The van der Waals surface area contributed by atoms with E-state index in [1.54, 1.807) is 30.3 Å². The fourth-order valence-corrected chi connectivity index (χ4v) is 2.47. The zero-order valence-corrected chi connectivity index (χ0v) is 14.6. The number of halogens is 1. The number of benzene rings is 2. The van der Waals surface area contributed by atoms with Gasteiger partial charge in [-0.1, -0.05) is 30.9 Å². The lowest BCUT2D eigenvalue weighted by atomic mass is 10.2. The molecule has 0 aromatic heterocycles. The van der Waals surface area contributed by atoms with E-state index in [0.29, 0.717) is 22.4 Å². The van der Waals surface area contributed by atoms with Crippen LogP contribution in [0.3, 0.4) is 0 Å². The summed E-state index contributed by atoms with van der Waals surface area (Å²) in [7, 11) is 0. The normalized spacial score (nSPS) is 9.78. The van der Waals surface area contributed by atoms with Gasteiger partial charge in [-0.2, -0.15) is 0 Å². The Hall–Kier alpha value is -2.18. The molecular weight excluding hydrogens is 376 g/mol. The molecule has 0 bridgehead atoms. The Balaban J connectivity index is 1.98. The van der Waals surface area contributed by atoms with Crippen LogP contribution in [0.2, 0.25) is 0 Å². The molecule has 0 spiro atoms. The van der Waals surface area contributed by atoms with Crippen molar-refractivity contribution in [3.05, 3.63) is 71.2 Å². The van der Waals surface area contributed by atoms with Gasteiger partial charge in [0.05, 0.1) is 5.56 Å². The van der Waals surface area contributed by atoms with Gasteiger partial charge in [-0.25, -0.2) is 0 Å². The van der Waals surface area contributed by atoms with Gasteiger partial charge < -0.3 is 10.1 Å². The first-order chi connectivity index (χ1) is 11.1. The topological polar surface area (TPSA) is 50.4 Å². The fraction of sp³-hybridized carbons (Fsp3) is 0.0588. The van der Waals surface area contributed by atoms with Gasteiger partial charge in [0.1, 0.15) is 12.4 Å². The average molecular weight is 391 g/mol. The maximum atomic E-state index is 12.2. The molecule has 2 aromatic carbocycles. The monoisotopic (exact) mass is 390 g/mol. The van der Waals surface area contributed by atoms with Crippen LogP contribution in [0, 0.1) is 0 Å². The quantitative estimate of drug-likeness (QED) is 0.594. The first kappa shape index (κ1) is 17.2. The molecule has 0 aliphatic heterocycles. The second-order valence-corrected chi connectivity index (χ2v) is 5.78. The lowest BCUT2D eigenvalue weighted by molar-refractivity contribution is 0.0977. The lowest BCUT2D eigenvalue weighted by Crippen LogP contribution is -2.34. The van der Waals surface area contributed by atoms with Gasteiger partial charge in [0.15, 0.2) is 5.11 Å². The molecule has 0 fully saturated rings. The van der Waals surface area contributed by atoms with Crippen molar-refractivity contribution in [2.45, 2.75) is 0 Å². The summed E-state index contributed by atoms with van der Waals surface area (Å²) >= 11 is 8.51. The van der Waals surface area contributed by atoms with E-state index in [-0.39, 0.29) is 11.0 Å². The fourth-order valence-electron chi connectivity index (χ4n) is 1.80. The van der Waals surface area contributed by atoms with E-state index in [0.717, 1.165) is 5.69 Å². The van der Waals surface area contributed by atoms with Crippen LogP contribution in [0.4, 0.5) is 5.69 Å². The molecule has 1 amide bonds. The summed E-state index contributed by atoms with van der Waals surface area (Å²) in [4.78, 5) is 12.2. The third-order valence-electron chi connectivity index (χ3n) is 2.81. The standard InChI is InChI=1S/C17H15BrN2O2S/c1-2-10-22-13-7-5-6-12(11-13)19-17(23)20-16(21)14-8-3-4-9-15(14)18/h2-9,11H,1,10H2,(H2,19,20,21,23). The number of nitrogens with one attached hydrogen (secondary N) is 2. The number of carbonyl (C=O) groups excluding carboxylic acids is 1. The van der Waals surface area contributed by atoms with Gasteiger partial charge in [0, 0.05) is 16.2 Å². The average Bonchev–Trinajstić information content (AvgIpc) is 2.53. The maximum Gasteiger partial charge on any atom is 0.258 e. The van der Waals surface area contributed by atoms with Crippen LogP contribution in [0.1, 0.15) is 10.4 Å². The highest BCUT2D eigenvalue weighted by Gasteiger charge is 2.11. The predicted molar refractivity (Wildman–Crippen MR) is 100.0 cm³/mol. The molecule has 0 aliphatic carbocycles. The first-order valence-electron chi connectivity index (χ1n) is 6.81. The minimum atomic E-state index is -0.283. The highest BCUT2D eigenvalue weighted by Crippen LogP contribution is 2.18. The van der Waals surface area contributed by atoms with Crippen molar-refractivity contribution in [2.75, 3.05) is 11.9 Å². The van der Waals surface area contributed by atoms with Crippen molar-refractivity contribution >= 4 is 44.9 Å². The Morgan fingerprint density at radius 3 is 2.78 bits per heavy atom. The van der Waals surface area contributed by atoms with Gasteiger partial charge in [0.25, 0.3) is 5.91 Å². The summed E-state index contributed by atoms with van der Waals surface area (Å²) in [5, 5.41) is 5.81. The molecule has 0 heterocycles. The third kappa shape index (κ3) is 5.19. The molecular formula is C17H15BrN2O2S. The van der Waals surface area contributed by atoms with Crippen LogP contribution in [0.15, 0.2) is 65.7 Å². The number of hydrogen-bond acceptors (Lipinski definition) is 3. The summed E-state index contributed by atoms with van der Waals surface area (Å²) in [6, 6.07) is 14.4. The minimum absolute atomic E-state index is 0.214. The molecule has 4 nitrogen and oxygen atoms in total. The van der Waals surface area contributed by atoms with E-state index in [1.807, 2.05) is 24.3 Å². The van der Waals surface area contributed by atoms with Crippen LogP contribution in [-0.4, -0.2) is 17.6 Å². The third-order valence-corrected chi connectivity index (χ3v) is 3.70. The van der Waals surface area contributed by atoms with Crippen molar-refractivity contribution in [1.82, 2.24) is 5.32 Å². The highest BCUT2D eigenvalue weighted by molar-refractivity contribution is 9.10. The van der Waals surface area contributed by atoms with Crippen molar-refractivity contribution in [1.29, 1.82) is 0 Å². The summed E-state index contributed by atoms with van der Waals surface area (Å²) in [5.41, 5.74) is 1.24. The van der Waals surface area contributed by atoms with Gasteiger partial charge in [-0.15, -0.1) is 0 Å². The number of hydrogen-bond donors (Lipinski definition) is 2. The SMILES string of the molecule is C=CCOc1cccc(NC(=S)NC(=O)c2ccccc2Br)c1. The van der Waals surface area contributed by atoms with E-state index in [2.05, 4.69) is 33.1 Å². The molecule has 23 heavy (non-hydrogen) atoms. The summed E-state index contributed by atoms with van der Waals surface area (Å²) in [5.74, 6) is 0.406. The molecule has 0 atom stereocenters. The molecule has 2 N–H and O–H groups in total. The molecule has 118 valence electrons. The zero-order chi connectivity index (χ0) is 16.7. The van der Waals surface area contributed by atoms with Crippen molar-refractivity contribution in [3.8, 4) is 5.75 Å². The van der Waals surface area contributed by atoms with Gasteiger partial charge >= 0.3 is 0 Å². The Labute approximate surface area is 148 Å². The van der Waals surface area contributed by atoms with E-state index < -0.39 is 0 Å². The lowest BCUT2D eigenvalue weighted by Gasteiger charge is -2.11. The molecule has 0 aliphatic rings. The molecule has 0 saturated heterocycles. The predicted octanol–water partition coefficient (Wildman–Crippen LogP) is 4.14. The number of rotatable bonds is 5. The van der Waals surface area contributed by atoms with Crippen LogP contribution >= 0.6 is 28.1 Å². The number of anilines is 1. The maximum absolute atomic E-state index is 12.2. The van der Waals surface area contributed by atoms with Crippen molar-refractivity contribution in [3.63, 3.8) is 0 Å². The van der Waals surface area contributed by atoms with Crippen molar-refractivity contribution in [2.24, 2.45) is 0 Å². The molecule has 2 aromatic rings. The summed E-state index contributed by atoms with van der Waals surface area (Å²) < 4.78 is 6.16. The Kier molecular flexibility index (Phi) is 6.31. The van der Waals surface area contributed by atoms with Gasteiger partial charge in [0.2, 0.25) is 0 Å². The van der Waals surface area contributed by atoms with Crippen LogP contribution in [0.5, 0.6) is 5.75 Å². The number of ether oxygens (including phenoxy) is 1. The Morgan fingerprint density at radius 1 is 1.26 bits per heavy atom. The highest BCUT2D eigenvalue weighted by atomic mass is 79.9. The minimum Gasteiger partial charge on any atom is -0.489 e. The molecule has 6 heteroatoms.